The number of fused-ring (bicyclic) bond motifs is 2. The minimum absolute atomic E-state index is 0.348. The van der Waals surface area contributed by atoms with Crippen molar-refractivity contribution < 1.29 is 9.13 Å². The average Bonchev–Trinajstić information content (AvgIpc) is 3.52. The Morgan fingerprint density at radius 2 is 1.84 bits per heavy atom. The quantitative estimate of drug-likeness (QED) is 0.289. The van der Waals surface area contributed by atoms with E-state index in [1.807, 2.05) is 67.7 Å². The minimum Gasteiger partial charge on any atom is -0.492 e. The summed E-state index contributed by atoms with van der Waals surface area (Å²) in [6, 6.07) is 18.8. The first-order valence-corrected chi connectivity index (χ1v) is 12.0. The van der Waals surface area contributed by atoms with Gasteiger partial charge in [0.2, 0.25) is 0 Å². The Morgan fingerprint density at radius 1 is 0.919 bits per heavy atom. The number of nitrogens with zero attached hydrogens (tertiary/aromatic N) is 4. The van der Waals surface area contributed by atoms with Crippen LogP contribution in [0.5, 0.6) is 5.75 Å². The first-order chi connectivity index (χ1) is 18.0. The molecule has 0 spiro atoms. The lowest BCUT2D eigenvalue weighted by atomic mass is 10.0. The van der Waals surface area contributed by atoms with E-state index in [-0.39, 0.29) is 5.82 Å². The summed E-state index contributed by atoms with van der Waals surface area (Å²) in [6.45, 7) is 1.22. The van der Waals surface area contributed by atoms with Gasteiger partial charge in [-0.15, -0.1) is 0 Å². The van der Waals surface area contributed by atoms with E-state index >= 15 is 0 Å². The van der Waals surface area contributed by atoms with E-state index in [1.54, 1.807) is 12.4 Å². The monoisotopic (exact) mass is 492 g/mol. The topological polar surface area (TPSA) is 82.7 Å². The lowest BCUT2D eigenvalue weighted by molar-refractivity contribution is 0.260. The number of aromatic nitrogens is 5. The molecule has 0 aliphatic heterocycles. The Labute approximate surface area is 213 Å². The average molecular weight is 493 g/mol. The van der Waals surface area contributed by atoms with Crippen LogP contribution in [0.25, 0.3) is 55.6 Å². The molecule has 0 atom stereocenters. The molecular formula is C29H25FN6O. The Kier molecular flexibility index (Phi) is 5.86. The molecule has 37 heavy (non-hydrogen) atoms. The van der Waals surface area contributed by atoms with Crippen molar-refractivity contribution in [3.8, 4) is 39.4 Å². The molecule has 4 heterocycles. The second kappa shape index (κ2) is 9.48. The van der Waals surface area contributed by atoms with Crippen molar-refractivity contribution in [2.75, 3.05) is 27.2 Å². The molecule has 0 aliphatic carbocycles. The van der Waals surface area contributed by atoms with Crippen LogP contribution < -0.4 is 4.74 Å². The third kappa shape index (κ3) is 4.54. The molecule has 6 rings (SSSR count). The fraction of sp³-hybridized carbons (Fsp3) is 0.138. The second-order valence-electron chi connectivity index (χ2n) is 9.21. The molecule has 0 aliphatic rings. The molecule has 0 saturated heterocycles. The summed E-state index contributed by atoms with van der Waals surface area (Å²) in [5.74, 6) is 0.151. The zero-order valence-corrected chi connectivity index (χ0v) is 20.5. The summed E-state index contributed by atoms with van der Waals surface area (Å²) in [4.78, 5) is 14.2. The third-order valence-corrected chi connectivity index (χ3v) is 6.33. The van der Waals surface area contributed by atoms with Gasteiger partial charge >= 0.3 is 0 Å². The minimum atomic E-state index is -0.348. The van der Waals surface area contributed by atoms with E-state index < -0.39 is 0 Å². The maximum atomic E-state index is 14.5. The van der Waals surface area contributed by atoms with Crippen LogP contribution in [0.3, 0.4) is 0 Å². The zero-order valence-electron chi connectivity index (χ0n) is 20.5. The number of hydrogen-bond acceptors (Lipinski definition) is 5. The van der Waals surface area contributed by atoms with Crippen molar-refractivity contribution in [2.24, 2.45) is 0 Å². The van der Waals surface area contributed by atoms with Crippen LogP contribution in [0, 0.1) is 5.82 Å². The van der Waals surface area contributed by atoms with Crippen LogP contribution in [0.15, 0.2) is 79.3 Å². The van der Waals surface area contributed by atoms with Gasteiger partial charge in [0.05, 0.1) is 11.2 Å². The summed E-state index contributed by atoms with van der Waals surface area (Å²) in [7, 11) is 3.94. The lowest BCUT2D eigenvalue weighted by Crippen LogP contribution is -2.19. The van der Waals surface area contributed by atoms with Gasteiger partial charge in [-0.2, -0.15) is 5.10 Å². The molecule has 0 saturated carbocycles. The largest absolute Gasteiger partial charge is 0.492 e. The van der Waals surface area contributed by atoms with Crippen molar-refractivity contribution in [3.05, 3.63) is 85.1 Å². The zero-order chi connectivity index (χ0) is 25.4. The first kappa shape index (κ1) is 22.9. The van der Waals surface area contributed by atoms with Crippen LogP contribution in [0.1, 0.15) is 0 Å². The van der Waals surface area contributed by atoms with Crippen molar-refractivity contribution in [1.29, 1.82) is 0 Å². The van der Waals surface area contributed by atoms with Crippen molar-refractivity contribution in [2.45, 2.75) is 0 Å². The van der Waals surface area contributed by atoms with Gasteiger partial charge in [-0.3, -0.25) is 10.1 Å². The maximum Gasteiger partial charge on any atom is 0.138 e. The summed E-state index contributed by atoms with van der Waals surface area (Å²) in [5.41, 5.74) is 6.92. The van der Waals surface area contributed by atoms with E-state index in [0.717, 1.165) is 56.5 Å². The van der Waals surface area contributed by atoms with Gasteiger partial charge in [0.25, 0.3) is 0 Å². The fourth-order valence-corrected chi connectivity index (χ4v) is 4.49. The highest BCUT2D eigenvalue weighted by molar-refractivity contribution is 6.00. The Bertz CT molecular complexity index is 1710. The van der Waals surface area contributed by atoms with E-state index in [9.17, 15) is 4.39 Å². The molecule has 2 aromatic carbocycles. The predicted molar refractivity (Wildman–Crippen MR) is 144 cm³/mol. The number of rotatable bonds is 7. The van der Waals surface area contributed by atoms with Crippen LogP contribution in [0.2, 0.25) is 0 Å². The smallest absolute Gasteiger partial charge is 0.138 e. The fourth-order valence-electron chi connectivity index (χ4n) is 4.49. The van der Waals surface area contributed by atoms with Crippen LogP contribution in [-0.4, -0.2) is 57.3 Å². The molecule has 6 aromatic rings. The van der Waals surface area contributed by atoms with Gasteiger partial charge in [0, 0.05) is 47.5 Å². The number of likely N-dealkylation sites (N-methyl/N-ethyl adjacent to an activating group) is 1. The molecule has 8 heteroatoms. The molecule has 184 valence electrons. The number of pyridine rings is 2. The van der Waals surface area contributed by atoms with Gasteiger partial charge in [-0.05, 0) is 73.3 Å². The van der Waals surface area contributed by atoms with E-state index in [0.29, 0.717) is 18.0 Å². The number of aromatic amines is 2. The van der Waals surface area contributed by atoms with Crippen LogP contribution in [-0.2, 0) is 0 Å². The number of benzene rings is 2. The molecule has 4 aromatic heterocycles. The Balaban J connectivity index is 1.41. The van der Waals surface area contributed by atoms with E-state index in [1.165, 1.54) is 12.1 Å². The molecule has 0 bridgehead atoms. The molecular weight excluding hydrogens is 467 g/mol. The van der Waals surface area contributed by atoms with Gasteiger partial charge in [0.15, 0.2) is 0 Å². The predicted octanol–water partition coefficient (Wildman–Crippen LogP) is 5.91. The van der Waals surface area contributed by atoms with Gasteiger partial charge in [-0.25, -0.2) is 9.37 Å². The molecule has 0 fully saturated rings. The first-order valence-electron chi connectivity index (χ1n) is 12.0. The molecule has 0 amide bonds. The second-order valence-corrected chi connectivity index (χ2v) is 9.21. The standard InChI is InChI=1S/C29H25FN6O/c1-36(2)10-11-37-22-13-20(12-21(30)15-22)23-7-9-32-29-24(23)16-27(33-29)28-25-14-18(5-6-26(25)34-35-28)19-4-3-8-31-17-19/h3-9,12-17H,10-11H2,1-2H3,(H,32,33)(H,34,35). The number of nitrogens with one attached hydrogen (secondary N) is 2. The van der Waals surface area contributed by atoms with Gasteiger partial charge in [0.1, 0.15) is 29.5 Å². The number of halogens is 1. The highest BCUT2D eigenvalue weighted by atomic mass is 19.1. The highest BCUT2D eigenvalue weighted by Gasteiger charge is 2.16. The van der Waals surface area contributed by atoms with E-state index in [4.69, 9.17) is 4.74 Å². The van der Waals surface area contributed by atoms with Crippen LogP contribution >= 0.6 is 0 Å². The van der Waals surface area contributed by atoms with Gasteiger partial charge < -0.3 is 14.6 Å². The normalized spacial score (nSPS) is 11.6. The van der Waals surface area contributed by atoms with Gasteiger partial charge in [-0.1, -0.05) is 12.1 Å². The highest BCUT2D eigenvalue weighted by Crippen LogP contribution is 2.35. The molecule has 0 radical (unpaired) electrons. The summed E-state index contributed by atoms with van der Waals surface area (Å²) in [6.07, 6.45) is 5.33. The lowest BCUT2D eigenvalue weighted by Gasteiger charge is -2.12. The van der Waals surface area contributed by atoms with Crippen molar-refractivity contribution >= 4 is 21.9 Å². The molecule has 2 N–H and O–H groups in total. The number of hydrogen-bond donors (Lipinski definition) is 2. The number of ether oxygens (including phenoxy) is 1. The SMILES string of the molecule is CN(C)CCOc1cc(F)cc(-c2ccnc3[nH]c(-c4n[nH]c5ccc(-c6cccnc6)cc45)cc23)c1. The van der Waals surface area contributed by atoms with Crippen molar-refractivity contribution in [3.63, 3.8) is 0 Å². The Hall–Kier alpha value is -4.56. The maximum absolute atomic E-state index is 14.5. The van der Waals surface area contributed by atoms with Crippen LogP contribution in [0.4, 0.5) is 4.39 Å². The summed E-state index contributed by atoms with van der Waals surface area (Å²) >= 11 is 0. The Morgan fingerprint density at radius 3 is 2.68 bits per heavy atom. The summed E-state index contributed by atoms with van der Waals surface area (Å²) in [5, 5.41) is 9.57. The number of H-pyrrole nitrogens is 2. The van der Waals surface area contributed by atoms with E-state index in [2.05, 4.69) is 31.2 Å². The molecule has 7 nitrogen and oxygen atoms in total. The summed E-state index contributed by atoms with van der Waals surface area (Å²) < 4.78 is 20.4. The van der Waals surface area contributed by atoms with Crippen molar-refractivity contribution in [1.82, 2.24) is 30.0 Å². The third-order valence-electron chi connectivity index (χ3n) is 6.33. The molecule has 0 unspecified atom stereocenters.